The van der Waals surface area contributed by atoms with E-state index in [4.69, 9.17) is 5.11 Å². The van der Waals surface area contributed by atoms with Crippen LogP contribution in [-0.2, 0) is 0 Å². The van der Waals surface area contributed by atoms with Gasteiger partial charge in [-0.2, -0.15) is 0 Å². The van der Waals surface area contributed by atoms with Crippen LogP contribution in [0.4, 0.5) is 8.78 Å². The van der Waals surface area contributed by atoms with Gasteiger partial charge in [-0.3, -0.25) is 0 Å². The van der Waals surface area contributed by atoms with Crippen LogP contribution in [0.3, 0.4) is 0 Å². The number of hydrogen-bond acceptors (Lipinski definition) is 1. The molecule has 0 spiro atoms. The number of halogens is 2. The van der Waals surface area contributed by atoms with Crippen molar-refractivity contribution in [2.75, 3.05) is 0 Å². The second-order valence-electron chi connectivity index (χ2n) is 2.43. The van der Waals surface area contributed by atoms with E-state index in [2.05, 4.69) is 0 Å². The van der Waals surface area contributed by atoms with E-state index in [0.717, 1.165) is 25.0 Å². The SMILES string of the molecule is CCCC[C@H](O)/C=C/C(F)F. The molecule has 0 aliphatic rings. The summed E-state index contributed by atoms with van der Waals surface area (Å²) in [6, 6.07) is 0. The summed E-state index contributed by atoms with van der Waals surface area (Å²) < 4.78 is 23.0. The molecule has 3 heteroatoms. The van der Waals surface area contributed by atoms with E-state index < -0.39 is 12.5 Å². The van der Waals surface area contributed by atoms with Crippen molar-refractivity contribution in [2.24, 2.45) is 0 Å². The van der Waals surface area contributed by atoms with Crippen molar-refractivity contribution in [1.29, 1.82) is 0 Å². The number of aliphatic hydroxyl groups excluding tert-OH is 1. The molecule has 0 bridgehead atoms. The first-order chi connectivity index (χ1) is 5.16. The van der Waals surface area contributed by atoms with Crippen molar-refractivity contribution in [1.82, 2.24) is 0 Å². The fourth-order valence-electron chi connectivity index (χ4n) is 0.722. The number of aliphatic hydroxyl groups is 1. The second-order valence-corrected chi connectivity index (χ2v) is 2.43. The molecule has 66 valence electrons. The molecule has 0 aliphatic carbocycles. The van der Waals surface area contributed by atoms with Gasteiger partial charge < -0.3 is 5.11 Å². The van der Waals surface area contributed by atoms with Crippen LogP contribution in [0.1, 0.15) is 26.2 Å². The Labute approximate surface area is 65.7 Å². The number of allylic oxidation sites excluding steroid dienone is 1. The quantitative estimate of drug-likeness (QED) is 0.618. The molecule has 0 saturated carbocycles. The molecular weight excluding hydrogens is 150 g/mol. The van der Waals surface area contributed by atoms with Crippen molar-refractivity contribution in [3.8, 4) is 0 Å². The van der Waals surface area contributed by atoms with Crippen LogP contribution < -0.4 is 0 Å². The van der Waals surface area contributed by atoms with Gasteiger partial charge in [0.2, 0.25) is 0 Å². The fourth-order valence-corrected chi connectivity index (χ4v) is 0.722. The number of alkyl halides is 2. The molecule has 0 aromatic heterocycles. The van der Waals surface area contributed by atoms with E-state index in [1.54, 1.807) is 0 Å². The van der Waals surface area contributed by atoms with Crippen LogP contribution in [0.25, 0.3) is 0 Å². The summed E-state index contributed by atoms with van der Waals surface area (Å²) in [5.41, 5.74) is 0. The minimum Gasteiger partial charge on any atom is -0.389 e. The Morgan fingerprint density at radius 2 is 2.00 bits per heavy atom. The third-order valence-electron chi connectivity index (χ3n) is 1.33. The molecule has 0 fully saturated rings. The number of unbranched alkanes of at least 4 members (excludes halogenated alkanes) is 1. The summed E-state index contributed by atoms with van der Waals surface area (Å²) in [7, 11) is 0. The Kier molecular flexibility index (Phi) is 6.03. The van der Waals surface area contributed by atoms with E-state index in [0.29, 0.717) is 6.42 Å². The zero-order valence-electron chi connectivity index (χ0n) is 6.63. The number of rotatable bonds is 5. The lowest BCUT2D eigenvalue weighted by Gasteiger charge is -2.02. The second kappa shape index (κ2) is 6.28. The lowest BCUT2D eigenvalue weighted by molar-refractivity contribution is 0.189. The van der Waals surface area contributed by atoms with Gasteiger partial charge in [-0.15, -0.1) is 0 Å². The smallest absolute Gasteiger partial charge is 0.257 e. The Bertz CT molecular complexity index is 113. The molecule has 11 heavy (non-hydrogen) atoms. The van der Waals surface area contributed by atoms with Crippen LogP contribution in [0.2, 0.25) is 0 Å². The zero-order chi connectivity index (χ0) is 8.69. The van der Waals surface area contributed by atoms with Crippen LogP contribution in [0, 0.1) is 0 Å². The van der Waals surface area contributed by atoms with Crippen LogP contribution in [-0.4, -0.2) is 17.6 Å². The maximum Gasteiger partial charge on any atom is 0.257 e. The van der Waals surface area contributed by atoms with Crippen LogP contribution in [0.5, 0.6) is 0 Å². The van der Waals surface area contributed by atoms with Crippen LogP contribution in [0.15, 0.2) is 12.2 Å². The molecule has 0 saturated heterocycles. The lowest BCUT2D eigenvalue weighted by atomic mass is 10.1. The highest BCUT2D eigenvalue weighted by atomic mass is 19.3. The molecule has 0 amide bonds. The third kappa shape index (κ3) is 7.46. The monoisotopic (exact) mass is 164 g/mol. The Morgan fingerprint density at radius 1 is 1.36 bits per heavy atom. The third-order valence-corrected chi connectivity index (χ3v) is 1.33. The van der Waals surface area contributed by atoms with E-state index in [-0.39, 0.29) is 0 Å². The highest BCUT2D eigenvalue weighted by Crippen LogP contribution is 2.03. The molecule has 1 nitrogen and oxygen atoms in total. The lowest BCUT2D eigenvalue weighted by Crippen LogP contribution is -2.01. The summed E-state index contributed by atoms with van der Waals surface area (Å²) >= 11 is 0. The Balaban J connectivity index is 3.42. The van der Waals surface area contributed by atoms with Gasteiger partial charge in [0, 0.05) is 0 Å². The van der Waals surface area contributed by atoms with E-state index >= 15 is 0 Å². The summed E-state index contributed by atoms with van der Waals surface area (Å²) in [6.07, 6.45) is 1.13. The first-order valence-corrected chi connectivity index (χ1v) is 3.81. The van der Waals surface area contributed by atoms with E-state index in [9.17, 15) is 8.78 Å². The van der Waals surface area contributed by atoms with Crippen molar-refractivity contribution in [3.05, 3.63) is 12.2 Å². The van der Waals surface area contributed by atoms with Gasteiger partial charge in [0.25, 0.3) is 6.43 Å². The Hall–Kier alpha value is -0.440. The minimum atomic E-state index is -2.45. The zero-order valence-corrected chi connectivity index (χ0v) is 6.63. The van der Waals surface area contributed by atoms with Crippen molar-refractivity contribution in [2.45, 2.75) is 38.7 Å². The highest BCUT2D eigenvalue weighted by Gasteiger charge is 1.99. The van der Waals surface area contributed by atoms with E-state index in [1.807, 2.05) is 6.92 Å². The molecule has 0 aliphatic heterocycles. The Morgan fingerprint density at radius 3 is 2.45 bits per heavy atom. The van der Waals surface area contributed by atoms with Gasteiger partial charge in [0.1, 0.15) is 0 Å². The predicted octanol–water partition coefficient (Wildman–Crippen LogP) is 2.36. The fraction of sp³-hybridized carbons (Fsp3) is 0.750. The van der Waals surface area contributed by atoms with Crippen molar-refractivity contribution < 1.29 is 13.9 Å². The predicted molar refractivity (Wildman–Crippen MR) is 40.7 cm³/mol. The van der Waals surface area contributed by atoms with Gasteiger partial charge >= 0.3 is 0 Å². The summed E-state index contributed by atoms with van der Waals surface area (Å²) in [5, 5.41) is 9.01. The topological polar surface area (TPSA) is 20.2 Å². The van der Waals surface area contributed by atoms with Gasteiger partial charge in [0.15, 0.2) is 0 Å². The maximum atomic E-state index is 11.5. The van der Waals surface area contributed by atoms with Crippen molar-refractivity contribution in [3.63, 3.8) is 0 Å². The van der Waals surface area contributed by atoms with E-state index in [1.165, 1.54) is 0 Å². The normalized spacial score (nSPS) is 14.6. The first kappa shape index (κ1) is 10.6. The van der Waals surface area contributed by atoms with Gasteiger partial charge in [0.05, 0.1) is 6.10 Å². The highest BCUT2D eigenvalue weighted by molar-refractivity contribution is 4.90. The largest absolute Gasteiger partial charge is 0.389 e. The summed E-state index contributed by atoms with van der Waals surface area (Å²) in [4.78, 5) is 0. The average Bonchev–Trinajstić information content (AvgIpc) is 1.97. The maximum absolute atomic E-state index is 11.5. The molecule has 0 rings (SSSR count). The number of hydrogen-bond donors (Lipinski definition) is 1. The average molecular weight is 164 g/mol. The van der Waals surface area contributed by atoms with Gasteiger partial charge in [-0.1, -0.05) is 25.8 Å². The summed E-state index contributed by atoms with van der Waals surface area (Å²) in [6.45, 7) is 1.99. The first-order valence-electron chi connectivity index (χ1n) is 3.81. The van der Waals surface area contributed by atoms with Gasteiger partial charge in [-0.25, -0.2) is 8.78 Å². The molecule has 0 aromatic carbocycles. The molecule has 1 N–H and O–H groups in total. The molecule has 0 radical (unpaired) electrons. The van der Waals surface area contributed by atoms with Crippen molar-refractivity contribution >= 4 is 0 Å². The summed E-state index contributed by atoms with van der Waals surface area (Å²) in [5.74, 6) is 0. The van der Waals surface area contributed by atoms with Gasteiger partial charge in [-0.05, 0) is 12.5 Å². The molecule has 1 atom stereocenters. The van der Waals surface area contributed by atoms with Crippen LogP contribution >= 0.6 is 0 Å². The molecule has 0 heterocycles. The molecular formula is C8H14F2O. The molecule has 0 unspecified atom stereocenters. The minimum absolute atomic E-state index is 0.569. The molecule has 0 aromatic rings. The standard InChI is InChI=1S/C8H14F2O/c1-2-3-4-7(11)5-6-8(9)10/h5-8,11H,2-4H2,1H3/b6-5+/t7-/m0/s1.